The third-order valence-electron chi connectivity index (χ3n) is 3.10. The molecule has 18 heavy (non-hydrogen) atoms. The van der Waals surface area contributed by atoms with Gasteiger partial charge in [-0.2, -0.15) is 0 Å². The van der Waals surface area contributed by atoms with Crippen molar-refractivity contribution in [2.45, 2.75) is 25.9 Å². The van der Waals surface area contributed by atoms with Crippen LogP contribution >= 0.6 is 0 Å². The number of Topliss-reactive ketones (excluding diaryl/α,β-unsaturated/α-hetero) is 1. The third kappa shape index (κ3) is 2.14. The number of rotatable bonds is 3. The van der Waals surface area contributed by atoms with E-state index in [2.05, 4.69) is 5.16 Å². The van der Waals surface area contributed by atoms with Gasteiger partial charge in [0.2, 0.25) is 0 Å². The van der Waals surface area contributed by atoms with Crippen LogP contribution in [0.5, 0.6) is 5.75 Å². The summed E-state index contributed by atoms with van der Waals surface area (Å²) in [5.41, 5.74) is 1.93. The number of benzene rings is 1. The maximum Gasteiger partial charge on any atom is 0.174 e. The zero-order valence-electron chi connectivity index (χ0n) is 9.89. The first-order valence-electron chi connectivity index (χ1n) is 6.01. The van der Waals surface area contributed by atoms with Crippen molar-refractivity contribution in [1.29, 1.82) is 0 Å². The van der Waals surface area contributed by atoms with E-state index in [9.17, 15) is 4.79 Å². The second kappa shape index (κ2) is 4.64. The molecule has 4 heteroatoms. The molecule has 1 aromatic carbocycles. The van der Waals surface area contributed by atoms with Gasteiger partial charge in [-0.3, -0.25) is 4.79 Å². The molecule has 0 saturated heterocycles. The second-order valence-corrected chi connectivity index (χ2v) is 4.36. The van der Waals surface area contributed by atoms with Gasteiger partial charge in [0, 0.05) is 18.1 Å². The fourth-order valence-corrected chi connectivity index (χ4v) is 2.18. The molecule has 0 fully saturated rings. The number of nitrogens with zero attached hydrogens (tertiary/aromatic N) is 1. The predicted octanol–water partition coefficient (Wildman–Crippen LogP) is 2.77. The summed E-state index contributed by atoms with van der Waals surface area (Å²) in [6, 6.07) is 7.40. The summed E-state index contributed by atoms with van der Waals surface area (Å²) in [5, 5.41) is 3.61. The highest BCUT2D eigenvalue weighted by Crippen LogP contribution is 2.25. The molecule has 1 heterocycles. The van der Waals surface area contributed by atoms with Gasteiger partial charge in [-0.15, -0.1) is 0 Å². The summed E-state index contributed by atoms with van der Waals surface area (Å²) in [5.74, 6) is 1.68. The van der Waals surface area contributed by atoms with Crippen LogP contribution in [0.2, 0.25) is 0 Å². The van der Waals surface area contributed by atoms with Crippen LogP contribution in [0.15, 0.2) is 35.0 Å². The summed E-state index contributed by atoms with van der Waals surface area (Å²) in [6.45, 7) is 0.354. The average molecular weight is 243 g/mol. The van der Waals surface area contributed by atoms with Gasteiger partial charge in [-0.25, -0.2) is 0 Å². The van der Waals surface area contributed by atoms with E-state index < -0.39 is 0 Å². The van der Waals surface area contributed by atoms with Crippen molar-refractivity contribution < 1.29 is 14.1 Å². The number of ketones is 1. The number of carbonyl (C=O) groups is 1. The molecular weight excluding hydrogens is 230 g/mol. The van der Waals surface area contributed by atoms with Gasteiger partial charge < -0.3 is 9.26 Å². The number of fused-ring (bicyclic) bond motifs is 1. The Morgan fingerprint density at radius 3 is 3.06 bits per heavy atom. The van der Waals surface area contributed by atoms with Crippen molar-refractivity contribution in [3.8, 4) is 5.75 Å². The van der Waals surface area contributed by atoms with E-state index >= 15 is 0 Å². The Balaban J connectivity index is 1.76. The number of ether oxygens (including phenoxy) is 1. The maximum atomic E-state index is 11.7. The lowest BCUT2D eigenvalue weighted by atomic mass is 9.91. The van der Waals surface area contributed by atoms with Crippen LogP contribution < -0.4 is 4.74 Å². The van der Waals surface area contributed by atoms with Crippen LogP contribution in [0.25, 0.3) is 0 Å². The first kappa shape index (κ1) is 11.0. The largest absolute Gasteiger partial charge is 0.486 e. The lowest BCUT2D eigenvalue weighted by Crippen LogP contribution is -2.10. The van der Waals surface area contributed by atoms with E-state index in [1.54, 1.807) is 12.3 Å². The summed E-state index contributed by atoms with van der Waals surface area (Å²) in [6.07, 6.45) is 4.12. The van der Waals surface area contributed by atoms with Gasteiger partial charge >= 0.3 is 0 Å². The van der Waals surface area contributed by atoms with Gasteiger partial charge in [0.15, 0.2) is 11.5 Å². The Hall–Kier alpha value is -2.10. The Morgan fingerprint density at radius 2 is 2.22 bits per heavy atom. The monoisotopic (exact) mass is 243 g/mol. The smallest absolute Gasteiger partial charge is 0.174 e. The molecule has 0 atom stereocenters. The van der Waals surface area contributed by atoms with Crippen molar-refractivity contribution >= 4 is 5.78 Å². The SMILES string of the molecule is O=C1CCCc2cc(OCc3ccno3)ccc21. The van der Waals surface area contributed by atoms with Crippen LogP contribution in [0.4, 0.5) is 0 Å². The van der Waals surface area contributed by atoms with Crippen molar-refractivity contribution in [1.82, 2.24) is 5.16 Å². The second-order valence-electron chi connectivity index (χ2n) is 4.36. The quantitative estimate of drug-likeness (QED) is 0.831. The molecule has 0 radical (unpaired) electrons. The lowest BCUT2D eigenvalue weighted by molar-refractivity contribution is 0.0972. The highest BCUT2D eigenvalue weighted by molar-refractivity contribution is 5.98. The number of aryl methyl sites for hydroxylation is 1. The van der Waals surface area contributed by atoms with Gasteiger partial charge in [0.25, 0.3) is 0 Å². The topological polar surface area (TPSA) is 52.3 Å². The average Bonchev–Trinajstić information content (AvgIpc) is 2.90. The first-order chi connectivity index (χ1) is 8.83. The predicted molar refractivity (Wildman–Crippen MR) is 64.5 cm³/mol. The zero-order chi connectivity index (χ0) is 12.4. The first-order valence-corrected chi connectivity index (χ1v) is 6.01. The van der Waals surface area contributed by atoms with Crippen molar-refractivity contribution in [3.63, 3.8) is 0 Å². The van der Waals surface area contributed by atoms with E-state index in [1.807, 2.05) is 18.2 Å². The van der Waals surface area contributed by atoms with Crippen LogP contribution in [0.1, 0.15) is 34.5 Å². The number of aromatic nitrogens is 1. The third-order valence-corrected chi connectivity index (χ3v) is 3.10. The van der Waals surface area contributed by atoms with Gasteiger partial charge in [-0.1, -0.05) is 5.16 Å². The molecular formula is C14H13NO3. The molecule has 0 unspecified atom stereocenters. The summed E-state index contributed by atoms with van der Waals surface area (Å²) in [7, 11) is 0. The maximum absolute atomic E-state index is 11.7. The highest BCUT2D eigenvalue weighted by Gasteiger charge is 2.17. The molecule has 0 saturated carbocycles. The Morgan fingerprint density at radius 1 is 1.28 bits per heavy atom. The Labute approximate surface area is 105 Å². The van der Waals surface area contributed by atoms with E-state index in [-0.39, 0.29) is 5.78 Å². The van der Waals surface area contributed by atoms with Crippen LogP contribution in [-0.2, 0) is 13.0 Å². The molecule has 0 amide bonds. The van der Waals surface area contributed by atoms with Crippen LogP contribution in [0, 0.1) is 0 Å². The van der Waals surface area contributed by atoms with E-state index in [1.165, 1.54) is 0 Å². The molecule has 1 aromatic heterocycles. The normalized spacial score (nSPS) is 14.3. The molecule has 0 spiro atoms. The summed E-state index contributed by atoms with van der Waals surface area (Å²) in [4.78, 5) is 11.7. The standard InChI is InChI=1S/C14H13NO3/c16-14-3-1-2-10-8-11(4-5-13(10)14)17-9-12-6-7-15-18-12/h4-8H,1-3,9H2. The van der Waals surface area contributed by atoms with E-state index in [0.717, 1.165) is 29.7 Å². The fraction of sp³-hybridized carbons (Fsp3) is 0.286. The summed E-state index contributed by atoms with van der Waals surface area (Å²) >= 11 is 0. The molecule has 4 nitrogen and oxygen atoms in total. The highest BCUT2D eigenvalue weighted by atomic mass is 16.5. The van der Waals surface area contributed by atoms with Gasteiger partial charge in [0.1, 0.15) is 12.4 Å². The van der Waals surface area contributed by atoms with E-state index in [0.29, 0.717) is 18.8 Å². The fourth-order valence-electron chi connectivity index (χ4n) is 2.18. The molecule has 3 rings (SSSR count). The van der Waals surface area contributed by atoms with Gasteiger partial charge in [0.05, 0.1) is 6.20 Å². The van der Waals surface area contributed by atoms with Crippen molar-refractivity contribution in [2.75, 3.05) is 0 Å². The molecule has 0 bridgehead atoms. The minimum Gasteiger partial charge on any atom is -0.486 e. The van der Waals surface area contributed by atoms with E-state index in [4.69, 9.17) is 9.26 Å². The lowest BCUT2D eigenvalue weighted by Gasteiger charge is -2.15. The minimum atomic E-state index is 0.234. The molecule has 1 aliphatic carbocycles. The Kier molecular flexibility index (Phi) is 2.84. The van der Waals surface area contributed by atoms with Crippen LogP contribution in [0.3, 0.4) is 0 Å². The van der Waals surface area contributed by atoms with Crippen molar-refractivity contribution in [2.24, 2.45) is 0 Å². The molecule has 2 aromatic rings. The Bertz CT molecular complexity index is 560. The molecule has 0 N–H and O–H groups in total. The number of hydrogen-bond donors (Lipinski definition) is 0. The van der Waals surface area contributed by atoms with Crippen molar-refractivity contribution in [3.05, 3.63) is 47.3 Å². The minimum absolute atomic E-state index is 0.234. The molecule has 0 aliphatic heterocycles. The van der Waals surface area contributed by atoms with Crippen LogP contribution in [-0.4, -0.2) is 10.9 Å². The van der Waals surface area contributed by atoms with Gasteiger partial charge in [-0.05, 0) is 36.6 Å². The molecule has 92 valence electrons. The number of carbonyl (C=O) groups excluding carboxylic acids is 1. The summed E-state index contributed by atoms with van der Waals surface area (Å²) < 4.78 is 10.6. The molecule has 1 aliphatic rings. The number of hydrogen-bond acceptors (Lipinski definition) is 4. The zero-order valence-corrected chi connectivity index (χ0v) is 9.89.